The molecule has 1 N–H and O–H groups in total. The summed E-state index contributed by atoms with van der Waals surface area (Å²) in [5.74, 6) is -0.273. The highest BCUT2D eigenvalue weighted by atomic mass is 19.1. The van der Waals surface area contributed by atoms with Crippen LogP contribution in [0.2, 0.25) is 0 Å². The fourth-order valence-corrected chi connectivity index (χ4v) is 2.61. The molecule has 3 atom stereocenters. The first kappa shape index (κ1) is 14.2. The summed E-state index contributed by atoms with van der Waals surface area (Å²) in [5, 5.41) is 2.63. The summed E-state index contributed by atoms with van der Waals surface area (Å²) in [6.07, 6.45) is -0.204. The van der Waals surface area contributed by atoms with Gasteiger partial charge in [-0.15, -0.1) is 0 Å². The molecule has 2 heterocycles. The zero-order chi connectivity index (χ0) is 14.0. The molecule has 0 aromatic rings. The van der Waals surface area contributed by atoms with Gasteiger partial charge in [-0.25, -0.2) is 4.39 Å². The largest absolute Gasteiger partial charge is 0.372 e. The zero-order valence-corrected chi connectivity index (χ0v) is 11.4. The van der Waals surface area contributed by atoms with Crippen molar-refractivity contribution in [3.63, 3.8) is 0 Å². The minimum atomic E-state index is -1.16. The monoisotopic (exact) mass is 272 g/mol. The predicted octanol–water partition coefficient (Wildman–Crippen LogP) is 0.629. The van der Waals surface area contributed by atoms with Gasteiger partial charge in [0.05, 0.1) is 18.8 Å². The molecule has 2 rings (SSSR count). The third kappa shape index (κ3) is 3.43. The molecule has 2 fully saturated rings. The molecule has 6 heteroatoms. The van der Waals surface area contributed by atoms with Gasteiger partial charge < -0.3 is 15.0 Å². The molecule has 19 heavy (non-hydrogen) atoms. The van der Waals surface area contributed by atoms with Crippen LogP contribution in [0.5, 0.6) is 0 Å². The maximum atomic E-state index is 14.0. The Morgan fingerprint density at radius 2 is 2.21 bits per heavy atom. The van der Waals surface area contributed by atoms with Crippen LogP contribution in [-0.4, -0.2) is 54.2 Å². The molecular weight excluding hydrogens is 251 g/mol. The molecule has 108 valence electrons. The van der Waals surface area contributed by atoms with Crippen LogP contribution in [0, 0.1) is 0 Å². The van der Waals surface area contributed by atoms with Crippen LogP contribution in [0.1, 0.15) is 33.1 Å². The molecule has 5 nitrogen and oxygen atoms in total. The summed E-state index contributed by atoms with van der Waals surface area (Å²) in [6.45, 7) is 4.29. The molecule has 0 aromatic carbocycles. The van der Waals surface area contributed by atoms with E-state index < -0.39 is 18.3 Å². The molecule has 0 spiro atoms. The molecule has 2 aliphatic heterocycles. The lowest BCUT2D eigenvalue weighted by atomic mass is 10.0. The topological polar surface area (TPSA) is 58.6 Å². The van der Waals surface area contributed by atoms with Crippen LogP contribution in [0.4, 0.5) is 4.39 Å². The minimum absolute atomic E-state index is 0.0142. The van der Waals surface area contributed by atoms with E-state index in [4.69, 9.17) is 4.74 Å². The van der Waals surface area contributed by atoms with Crippen LogP contribution >= 0.6 is 0 Å². The number of nitrogens with one attached hydrogen (secondary N) is 1. The number of alkyl halides is 1. The Morgan fingerprint density at radius 1 is 1.47 bits per heavy atom. The number of halogens is 1. The number of amides is 2. The highest BCUT2D eigenvalue weighted by Gasteiger charge is 2.37. The number of hydrogen-bond acceptors (Lipinski definition) is 3. The molecular formula is C13H21FN2O3. The quantitative estimate of drug-likeness (QED) is 0.820. The number of nitrogens with zero attached hydrogens (tertiary/aromatic N) is 1. The SMILES string of the molecule is CC(C)O[C@H]1CCN(C(=O)C2CCC(=O)N2)C[C@H]1F. The van der Waals surface area contributed by atoms with Crippen LogP contribution < -0.4 is 5.32 Å². The highest BCUT2D eigenvalue weighted by Crippen LogP contribution is 2.20. The van der Waals surface area contributed by atoms with E-state index in [2.05, 4.69) is 5.32 Å². The maximum absolute atomic E-state index is 14.0. The Bertz CT molecular complexity index is 362. The number of carbonyl (C=O) groups excluding carboxylic acids is 2. The average molecular weight is 272 g/mol. The number of ether oxygens (including phenoxy) is 1. The van der Waals surface area contributed by atoms with Gasteiger partial charge in [-0.3, -0.25) is 9.59 Å². The first-order valence-corrected chi connectivity index (χ1v) is 6.85. The summed E-state index contributed by atoms with van der Waals surface area (Å²) in [5.41, 5.74) is 0. The Hall–Kier alpha value is -1.17. The van der Waals surface area contributed by atoms with E-state index in [1.165, 1.54) is 4.90 Å². The number of piperidine rings is 1. The van der Waals surface area contributed by atoms with Gasteiger partial charge >= 0.3 is 0 Å². The lowest BCUT2D eigenvalue weighted by Gasteiger charge is -2.36. The number of rotatable bonds is 3. The van der Waals surface area contributed by atoms with Gasteiger partial charge in [0.15, 0.2) is 0 Å². The fourth-order valence-electron chi connectivity index (χ4n) is 2.61. The second-order valence-corrected chi connectivity index (χ2v) is 5.47. The van der Waals surface area contributed by atoms with Crippen molar-refractivity contribution >= 4 is 11.8 Å². The number of carbonyl (C=O) groups is 2. The van der Waals surface area contributed by atoms with Crippen molar-refractivity contribution in [2.75, 3.05) is 13.1 Å². The van der Waals surface area contributed by atoms with Gasteiger partial charge in [-0.05, 0) is 26.7 Å². The van der Waals surface area contributed by atoms with E-state index in [1.807, 2.05) is 13.8 Å². The van der Waals surface area contributed by atoms with E-state index in [1.54, 1.807) is 0 Å². The van der Waals surface area contributed by atoms with E-state index in [-0.39, 0.29) is 24.5 Å². The first-order chi connectivity index (χ1) is 8.97. The highest BCUT2D eigenvalue weighted by molar-refractivity contribution is 5.90. The number of likely N-dealkylation sites (tertiary alicyclic amines) is 1. The fraction of sp³-hybridized carbons (Fsp3) is 0.846. The summed E-state index contributed by atoms with van der Waals surface area (Å²) in [7, 11) is 0. The van der Waals surface area contributed by atoms with Crippen molar-refractivity contribution in [1.82, 2.24) is 10.2 Å². The third-order valence-electron chi connectivity index (χ3n) is 3.53. The Labute approximate surface area is 112 Å². The average Bonchev–Trinajstić information content (AvgIpc) is 2.77. The van der Waals surface area contributed by atoms with Crippen LogP contribution in [0.25, 0.3) is 0 Å². The Kier molecular flexibility index (Phi) is 4.39. The van der Waals surface area contributed by atoms with E-state index in [0.29, 0.717) is 25.8 Å². The molecule has 2 amide bonds. The first-order valence-electron chi connectivity index (χ1n) is 6.85. The smallest absolute Gasteiger partial charge is 0.245 e. The Morgan fingerprint density at radius 3 is 2.74 bits per heavy atom. The van der Waals surface area contributed by atoms with Crippen molar-refractivity contribution in [1.29, 1.82) is 0 Å². The number of hydrogen-bond donors (Lipinski definition) is 1. The van der Waals surface area contributed by atoms with Gasteiger partial charge in [-0.1, -0.05) is 0 Å². The second kappa shape index (κ2) is 5.86. The molecule has 2 aliphatic rings. The van der Waals surface area contributed by atoms with Crippen molar-refractivity contribution in [3.05, 3.63) is 0 Å². The summed E-state index contributed by atoms with van der Waals surface area (Å²) in [6, 6.07) is -0.470. The lowest BCUT2D eigenvalue weighted by molar-refractivity contribution is -0.141. The minimum Gasteiger partial charge on any atom is -0.372 e. The maximum Gasteiger partial charge on any atom is 0.245 e. The van der Waals surface area contributed by atoms with Gasteiger partial charge in [0, 0.05) is 13.0 Å². The zero-order valence-electron chi connectivity index (χ0n) is 11.4. The summed E-state index contributed by atoms with van der Waals surface area (Å²) in [4.78, 5) is 24.7. The predicted molar refractivity (Wildman–Crippen MR) is 67.3 cm³/mol. The van der Waals surface area contributed by atoms with E-state index in [0.717, 1.165) is 0 Å². The molecule has 0 radical (unpaired) electrons. The second-order valence-electron chi connectivity index (χ2n) is 5.47. The standard InChI is InChI=1S/C13H21FN2O3/c1-8(2)19-11-5-6-16(7-9(11)14)13(18)10-3-4-12(17)15-10/h8-11H,3-7H2,1-2H3,(H,15,17)/t9-,10?,11+/m1/s1. The summed E-state index contributed by atoms with van der Waals surface area (Å²) < 4.78 is 19.5. The molecule has 0 aliphatic carbocycles. The van der Waals surface area contributed by atoms with Crippen LogP contribution in [-0.2, 0) is 14.3 Å². The van der Waals surface area contributed by atoms with Crippen LogP contribution in [0.3, 0.4) is 0 Å². The lowest BCUT2D eigenvalue weighted by Crippen LogP contribution is -2.53. The molecule has 0 saturated carbocycles. The van der Waals surface area contributed by atoms with Gasteiger partial charge in [0.25, 0.3) is 0 Å². The normalized spacial score (nSPS) is 31.7. The van der Waals surface area contributed by atoms with Gasteiger partial charge in [0.1, 0.15) is 12.2 Å². The van der Waals surface area contributed by atoms with Crippen molar-refractivity contribution < 1.29 is 18.7 Å². The van der Waals surface area contributed by atoms with Crippen LogP contribution in [0.15, 0.2) is 0 Å². The molecule has 0 bridgehead atoms. The molecule has 2 saturated heterocycles. The van der Waals surface area contributed by atoms with Crippen molar-refractivity contribution in [2.24, 2.45) is 0 Å². The van der Waals surface area contributed by atoms with Gasteiger partial charge in [-0.2, -0.15) is 0 Å². The van der Waals surface area contributed by atoms with E-state index >= 15 is 0 Å². The Balaban J connectivity index is 1.87. The van der Waals surface area contributed by atoms with E-state index in [9.17, 15) is 14.0 Å². The van der Waals surface area contributed by atoms with Gasteiger partial charge in [0.2, 0.25) is 11.8 Å². The molecule has 1 unspecified atom stereocenters. The molecule has 0 aromatic heterocycles. The van der Waals surface area contributed by atoms with Crippen molar-refractivity contribution in [2.45, 2.75) is 57.5 Å². The van der Waals surface area contributed by atoms with Crippen molar-refractivity contribution in [3.8, 4) is 0 Å². The third-order valence-corrected chi connectivity index (χ3v) is 3.53. The summed E-state index contributed by atoms with van der Waals surface area (Å²) >= 11 is 0.